The second-order valence-corrected chi connectivity index (χ2v) is 5.48. The molecule has 0 aromatic heterocycles. The van der Waals surface area contributed by atoms with Gasteiger partial charge in [0.1, 0.15) is 0 Å². The van der Waals surface area contributed by atoms with Crippen molar-refractivity contribution in [2.45, 2.75) is 46.1 Å². The highest BCUT2D eigenvalue weighted by Crippen LogP contribution is 2.25. The van der Waals surface area contributed by atoms with Crippen molar-refractivity contribution in [2.24, 2.45) is 0 Å². The van der Waals surface area contributed by atoms with Crippen LogP contribution in [-0.4, -0.2) is 18.2 Å². The molecule has 0 amide bonds. The predicted octanol–water partition coefficient (Wildman–Crippen LogP) is 4.35. The number of hydrogen-bond acceptors (Lipinski definition) is 2. The van der Waals surface area contributed by atoms with Gasteiger partial charge in [-0.2, -0.15) is 0 Å². The van der Waals surface area contributed by atoms with E-state index in [2.05, 4.69) is 46.8 Å². The summed E-state index contributed by atoms with van der Waals surface area (Å²) in [6, 6.07) is 6.24. The van der Waals surface area contributed by atoms with Gasteiger partial charge in [0, 0.05) is 23.2 Å². The minimum absolute atomic E-state index is 0.0881. The Kier molecular flexibility index (Phi) is 7.36. The van der Waals surface area contributed by atoms with Crippen molar-refractivity contribution in [1.29, 1.82) is 0 Å². The summed E-state index contributed by atoms with van der Waals surface area (Å²) in [5, 5.41) is 9.19. The SMILES string of the molecule is CCCCN(CCCC)c1ccc(CO)c(Br)c1. The molecule has 102 valence electrons. The van der Waals surface area contributed by atoms with Gasteiger partial charge in [-0.15, -0.1) is 0 Å². The molecule has 0 spiro atoms. The van der Waals surface area contributed by atoms with Crippen LogP contribution in [0.15, 0.2) is 22.7 Å². The average Bonchev–Trinajstić information content (AvgIpc) is 2.39. The number of hydrogen-bond donors (Lipinski definition) is 1. The highest BCUT2D eigenvalue weighted by molar-refractivity contribution is 9.10. The molecule has 0 unspecified atom stereocenters. The fraction of sp³-hybridized carbons (Fsp3) is 0.600. The van der Waals surface area contributed by atoms with Gasteiger partial charge in [-0.25, -0.2) is 0 Å². The van der Waals surface area contributed by atoms with E-state index in [9.17, 15) is 5.11 Å². The molecule has 0 radical (unpaired) electrons. The third-order valence-corrected chi connectivity index (χ3v) is 3.87. The molecule has 0 aliphatic carbocycles. The lowest BCUT2D eigenvalue weighted by Crippen LogP contribution is -2.25. The minimum atomic E-state index is 0.0881. The largest absolute Gasteiger partial charge is 0.392 e. The quantitative estimate of drug-likeness (QED) is 0.771. The molecule has 1 aromatic carbocycles. The van der Waals surface area contributed by atoms with Crippen LogP contribution >= 0.6 is 15.9 Å². The number of aliphatic hydroxyl groups excluding tert-OH is 1. The third kappa shape index (κ3) is 4.62. The second-order valence-electron chi connectivity index (χ2n) is 4.63. The van der Waals surface area contributed by atoms with Gasteiger partial charge in [-0.05, 0) is 30.5 Å². The van der Waals surface area contributed by atoms with Gasteiger partial charge >= 0.3 is 0 Å². The molecule has 1 N–H and O–H groups in total. The lowest BCUT2D eigenvalue weighted by molar-refractivity contribution is 0.281. The van der Waals surface area contributed by atoms with Gasteiger partial charge in [-0.3, -0.25) is 0 Å². The fourth-order valence-electron chi connectivity index (χ4n) is 1.93. The minimum Gasteiger partial charge on any atom is -0.392 e. The standard InChI is InChI=1S/C15H24BrNO/c1-3-5-9-17(10-6-4-2)14-8-7-13(12-18)15(16)11-14/h7-8,11,18H,3-6,9-10,12H2,1-2H3. The number of rotatable bonds is 8. The summed E-state index contributed by atoms with van der Waals surface area (Å²) in [6.45, 7) is 6.76. The topological polar surface area (TPSA) is 23.5 Å². The monoisotopic (exact) mass is 313 g/mol. The Morgan fingerprint density at radius 2 is 1.72 bits per heavy atom. The molecule has 0 saturated heterocycles. The molecule has 0 aliphatic rings. The van der Waals surface area contributed by atoms with Crippen LogP contribution in [0.1, 0.15) is 45.1 Å². The lowest BCUT2D eigenvalue weighted by atomic mass is 10.2. The highest BCUT2D eigenvalue weighted by Gasteiger charge is 2.07. The normalized spacial score (nSPS) is 10.7. The Morgan fingerprint density at radius 3 is 2.17 bits per heavy atom. The number of unbranched alkanes of at least 4 members (excludes halogenated alkanes) is 2. The molecule has 3 heteroatoms. The number of benzene rings is 1. The van der Waals surface area contributed by atoms with E-state index in [1.54, 1.807) is 0 Å². The van der Waals surface area contributed by atoms with Crippen molar-refractivity contribution >= 4 is 21.6 Å². The van der Waals surface area contributed by atoms with E-state index in [1.807, 2.05) is 6.07 Å². The van der Waals surface area contributed by atoms with Gasteiger partial charge in [0.15, 0.2) is 0 Å². The first-order valence-electron chi connectivity index (χ1n) is 6.87. The first kappa shape index (κ1) is 15.5. The number of halogens is 1. The highest BCUT2D eigenvalue weighted by atomic mass is 79.9. The Bertz CT molecular complexity index is 346. The van der Waals surface area contributed by atoms with Crippen molar-refractivity contribution in [3.63, 3.8) is 0 Å². The molecule has 1 aromatic rings. The van der Waals surface area contributed by atoms with Crippen LogP contribution in [-0.2, 0) is 6.61 Å². The van der Waals surface area contributed by atoms with Crippen LogP contribution in [0.3, 0.4) is 0 Å². The lowest BCUT2D eigenvalue weighted by Gasteiger charge is -2.25. The summed E-state index contributed by atoms with van der Waals surface area (Å²) in [5.74, 6) is 0. The number of aliphatic hydroxyl groups is 1. The Morgan fingerprint density at radius 1 is 1.11 bits per heavy atom. The van der Waals surface area contributed by atoms with Crippen molar-refractivity contribution in [3.8, 4) is 0 Å². The smallest absolute Gasteiger partial charge is 0.0692 e. The molecule has 0 aliphatic heterocycles. The van der Waals surface area contributed by atoms with E-state index >= 15 is 0 Å². The van der Waals surface area contributed by atoms with E-state index in [-0.39, 0.29) is 6.61 Å². The second kappa shape index (κ2) is 8.54. The zero-order chi connectivity index (χ0) is 13.4. The number of anilines is 1. The van der Waals surface area contributed by atoms with E-state index < -0.39 is 0 Å². The first-order valence-corrected chi connectivity index (χ1v) is 7.66. The van der Waals surface area contributed by atoms with E-state index in [4.69, 9.17) is 0 Å². The van der Waals surface area contributed by atoms with Gasteiger partial charge in [-0.1, -0.05) is 48.7 Å². The van der Waals surface area contributed by atoms with Gasteiger partial charge in [0.25, 0.3) is 0 Å². The van der Waals surface area contributed by atoms with Crippen LogP contribution in [0.2, 0.25) is 0 Å². The zero-order valence-corrected chi connectivity index (χ0v) is 13.0. The van der Waals surface area contributed by atoms with Crippen LogP contribution in [0.4, 0.5) is 5.69 Å². The van der Waals surface area contributed by atoms with Crippen LogP contribution in [0, 0.1) is 0 Å². The molecule has 0 saturated carbocycles. The van der Waals surface area contributed by atoms with Crippen molar-refractivity contribution in [2.75, 3.05) is 18.0 Å². The summed E-state index contributed by atoms with van der Waals surface area (Å²) < 4.78 is 1.00. The Labute approximate surface area is 119 Å². The average molecular weight is 314 g/mol. The molecule has 18 heavy (non-hydrogen) atoms. The summed E-state index contributed by atoms with van der Waals surface area (Å²) in [5.41, 5.74) is 2.20. The molecule has 2 nitrogen and oxygen atoms in total. The van der Waals surface area contributed by atoms with Crippen LogP contribution in [0.25, 0.3) is 0 Å². The molecule has 0 heterocycles. The van der Waals surface area contributed by atoms with Crippen LogP contribution in [0.5, 0.6) is 0 Å². The van der Waals surface area contributed by atoms with Crippen LogP contribution < -0.4 is 4.90 Å². The van der Waals surface area contributed by atoms with Crippen molar-refractivity contribution < 1.29 is 5.11 Å². The predicted molar refractivity (Wildman–Crippen MR) is 82.1 cm³/mol. The maximum Gasteiger partial charge on any atom is 0.0692 e. The van der Waals surface area contributed by atoms with Crippen molar-refractivity contribution in [3.05, 3.63) is 28.2 Å². The van der Waals surface area contributed by atoms with Gasteiger partial charge < -0.3 is 10.0 Å². The molecule has 0 fully saturated rings. The first-order chi connectivity index (χ1) is 8.72. The molecule has 0 bridgehead atoms. The van der Waals surface area contributed by atoms with Gasteiger partial charge in [0.05, 0.1) is 6.61 Å². The van der Waals surface area contributed by atoms with E-state index in [1.165, 1.54) is 31.4 Å². The summed E-state index contributed by atoms with van der Waals surface area (Å²) in [4.78, 5) is 2.44. The third-order valence-electron chi connectivity index (χ3n) is 3.14. The molecule has 0 atom stereocenters. The molecular formula is C15H24BrNO. The maximum absolute atomic E-state index is 9.19. The maximum atomic E-state index is 9.19. The fourth-order valence-corrected chi connectivity index (χ4v) is 2.42. The zero-order valence-electron chi connectivity index (χ0n) is 11.5. The summed E-state index contributed by atoms with van der Waals surface area (Å²) in [7, 11) is 0. The molecular weight excluding hydrogens is 290 g/mol. The number of nitrogens with zero attached hydrogens (tertiary/aromatic N) is 1. The Hall–Kier alpha value is -0.540. The van der Waals surface area contributed by atoms with Crippen molar-refractivity contribution in [1.82, 2.24) is 0 Å². The Balaban J connectivity index is 2.79. The molecule has 1 rings (SSSR count). The summed E-state index contributed by atoms with van der Waals surface area (Å²) in [6.07, 6.45) is 4.89. The van der Waals surface area contributed by atoms with E-state index in [0.29, 0.717) is 0 Å². The summed E-state index contributed by atoms with van der Waals surface area (Å²) >= 11 is 3.53. The van der Waals surface area contributed by atoms with Gasteiger partial charge in [0.2, 0.25) is 0 Å². The van der Waals surface area contributed by atoms with E-state index in [0.717, 1.165) is 23.1 Å².